The molecule has 1 heterocycles. The van der Waals surface area contributed by atoms with Crippen molar-refractivity contribution in [3.05, 3.63) is 107 Å². The third-order valence-corrected chi connectivity index (χ3v) is 6.40. The van der Waals surface area contributed by atoms with Crippen molar-refractivity contribution in [3.8, 4) is 0 Å². The van der Waals surface area contributed by atoms with Crippen LogP contribution in [0.4, 0.5) is 8.78 Å². The Morgan fingerprint density at radius 2 is 1.69 bits per heavy atom. The summed E-state index contributed by atoms with van der Waals surface area (Å²) in [6, 6.07) is 13.2. The number of likely N-dealkylation sites (tertiary alicyclic amines) is 1. The Hall–Kier alpha value is -2.39. The summed E-state index contributed by atoms with van der Waals surface area (Å²) in [6.45, 7) is 19.5. The number of halogens is 3. The van der Waals surface area contributed by atoms with Crippen LogP contribution in [0.3, 0.4) is 0 Å². The van der Waals surface area contributed by atoms with Crippen LogP contribution in [0.2, 0.25) is 5.02 Å². The molecule has 1 aliphatic rings. The van der Waals surface area contributed by atoms with Crippen LogP contribution in [0.25, 0.3) is 0 Å². The van der Waals surface area contributed by atoms with Crippen LogP contribution in [0, 0.1) is 23.5 Å². The molecule has 2 aromatic carbocycles. The van der Waals surface area contributed by atoms with Gasteiger partial charge in [-0.25, -0.2) is 8.78 Å². The maximum Gasteiger partial charge on any atom is 0.142 e. The quantitative estimate of drug-likeness (QED) is 0.356. The lowest BCUT2D eigenvalue weighted by molar-refractivity contribution is 0.152. The van der Waals surface area contributed by atoms with Crippen molar-refractivity contribution in [3.63, 3.8) is 0 Å². The highest BCUT2D eigenvalue weighted by Crippen LogP contribution is 2.39. The monoisotopic (exact) mass is 517 g/mol. The molecular weight excluding hydrogens is 472 g/mol. The fourth-order valence-corrected chi connectivity index (χ4v) is 4.14. The molecule has 1 nitrogen and oxygen atoms in total. The van der Waals surface area contributed by atoms with Gasteiger partial charge < -0.3 is 4.90 Å². The van der Waals surface area contributed by atoms with Crippen molar-refractivity contribution >= 4 is 11.6 Å². The molecule has 0 spiro atoms. The fraction of sp³-hybridized carbons (Fsp3) is 0.438. The fourth-order valence-electron chi connectivity index (χ4n) is 4.02. The zero-order chi connectivity index (χ0) is 27.5. The highest BCUT2D eigenvalue weighted by atomic mass is 35.5. The molecule has 0 aromatic heterocycles. The maximum atomic E-state index is 13.8. The van der Waals surface area contributed by atoms with E-state index in [2.05, 4.69) is 38.3 Å². The van der Waals surface area contributed by atoms with Gasteiger partial charge >= 0.3 is 0 Å². The molecule has 2 aromatic rings. The summed E-state index contributed by atoms with van der Waals surface area (Å²) in [7, 11) is 0. The highest BCUT2D eigenvalue weighted by molar-refractivity contribution is 6.30. The van der Waals surface area contributed by atoms with Gasteiger partial charge in [0, 0.05) is 12.2 Å². The van der Waals surface area contributed by atoms with E-state index >= 15 is 0 Å². The summed E-state index contributed by atoms with van der Waals surface area (Å²) in [5.41, 5.74) is 2.36. The van der Waals surface area contributed by atoms with Gasteiger partial charge in [-0.05, 0) is 81.7 Å². The molecule has 0 radical (unpaired) electrons. The Labute approximate surface area is 224 Å². The summed E-state index contributed by atoms with van der Waals surface area (Å²) < 4.78 is 25.7. The second kappa shape index (κ2) is 19.8. The number of nitrogens with zero attached hydrogens (tertiary/aromatic N) is 1. The molecule has 4 heteroatoms. The van der Waals surface area contributed by atoms with Gasteiger partial charge in [0.05, 0.1) is 11.1 Å². The molecule has 0 N–H and O–H groups in total. The first-order valence-electron chi connectivity index (χ1n) is 13.1. The average molecular weight is 518 g/mol. The molecule has 1 fully saturated rings. The van der Waals surface area contributed by atoms with Gasteiger partial charge in [-0.2, -0.15) is 0 Å². The van der Waals surface area contributed by atoms with Crippen molar-refractivity contribution in [1.82, 2.24) is 4.90 Å². The standard InChI is InChI=1S/C20H27ClFN.C6H5F.C4H8.C2H6/c1-5-7-16-11-12-23(20(8-6-2)14(16)3)15(4)17-9-10-18(21)19(22)13-17;7-6-4-2-1-3-5-6;1-3-4-2;1-2/h5,8-10,13-16H,1,6-7,11-12H2,2-4H3;1-5H;3-4H,1-2H3;1-2H3/b20-8+;;4-3-;. The van der Waals surface area contributed by atoms with Gasteiger partial charge in [-0.3, -0.25) is 0 Å². The zero-order valence-corrected chi connectivity index (χ0v) is 24.0. The molecule has 1 aliphatic heterocycles. The van der Waals surface area contributed by atoms with E-state index < -0.39 is 0 Å². The number of benzene rings is 2. The summed E-state index contributed by atoms with van der Waals surface area (Å²) in [5.74, 6) is 0.631. The highest BCUT2D eigenvalue weighted by Gasteiger charge is 2.32. The van der Waals surface area contributed by atoms with Gasteiger partial charge in [0.25, 0.3) is 0 Å². The molecule has 0 bridgehead atoms. The minimum absolute atomic E-state index is 0.145. The van der Waals surface area contributed by atoms with E-state index in [9.17, 15) is 8.78 Å². The second-order valence-electron chi connectivity index (χ2n) is 8.40. The molecule has 3 unspecified atom stereocenters. The van der Waals surface area contributed by atoms with Gasteiger partial charge in [-0.1, -0.05) is 87.9 Å². The van der Waals surface area contributed by atoms with Crippen LogP contribution in [-0.2, 0) is 0 Å². The normalized spacial score (nSPS) is 18.7. The van der Waals surface area contributed by atoms with E-state index in [1.165, 1.54) is 17.8 Å². The van der Waals surface area contributed by atoms with Crippen molar-refractivity contribution in [2.75, 3.05) is 6.54 Å². The van der Waals surface area contributed by atoms with E-state index in [0.29, 0.717) is 11.8 Å². The van der Waals surface area contributed by atoms with E-state index in [0.717, 1.165) is 31.4 Å². The Kier molecular flexibility index (Phi) is 18.4. The smallest absolute Gasteiger partial charge is 0.142 e. The van der Waals surface area contributed by atoms with Crippen LogP contribution >= 0.6 is 11.6 Å². The number of piperidine rings is 1. The molecule has 0 saturated carbocycles. The first-order valence-corrected chi connectivity index (χ1v) is 13.5. The number of allylic oxidation sites excluding steroid dienone is 5. The SMILES string of the molecule is C/C=C\C.C=CCC1CCN(C(C)c2ccc(Cl)c(F)c2)/C(=C/CC)C1C.CC.Fc1ccccc1. The number of hydrogen-bond donors (Lipinski definition) is 0. The summed E-state index contributed by atoms with van der Waals surface area (Å²) in [5, 5.41) is 0.184. The molecule has 3 atom stereocenters. The molecule has 0 aliphatic carbocycles. The van der Waals surface area contributed by atoms with Crippen LogP contribution in [-0.4, -0.2) is 11.4 Å². The van der Waals surface area contributed by atoms with Crippen LogP contribution in [0.5, 0.6) is 0 Å². The predicted octanol–water partition coefficient (Wildman–Crippen LogP) is 10.8. The molecule has 0 amide bonds. The van der Waals surface area contributed by atoms with Gasteiger partial charge in [0.15, 0.2) is 0 Å². The lowest BCUT2D eigenvalue weighted by Gasteiger charge is -2.44. The minimum Gasteiger partial charge on any atom is -0.368 e. The molecule has 36 heavy (non-hydrogen) atoms. The lowest BCUT2D eigenvalue weighted by atomic mass is 9.80. The van der Waals surface area contributed by atoms with Crippen LogP contribution in [0.15, 0.2) is 85.1 Å². The Bertz CT molecular complexity index is 904. The van der Waals surface area contributed by atoms with Crippen LogP contribution < -0.4 is 0 Å². The Morgan fingerprint density at radius 3 is 2.14 bits per heavy atom. The largest absolute Gasteiger partial charge is 0.368 e. The predicted molar refractivity (Wildman–Crippen MR) is 155 cm³/mol. The molecular formula is C32H46ClF2N. The Balaban J connectivity index is 0.000000774. The molecule has 200 valence electrons. The first-order chi connectivity index (χ1) is 17.3. The maximum absolute atomic E-state index is 13.8. The summed E-state index contributed by atoms with van der Waals surface area (Å²) >= 11 is 5.82. The van der Waals surface area contributed by atoms with Crippen molar-refractivity contribution in [2.45, 2.75) is 73.8 Å². The topological polar surface area (TPSA) is 3.24 Å². The van der Waals surface area contributed by atoms with Crippen molar-refractivity contribution in [1.29, 1.82) is 0 Å². The molecule has 3 rings (SSSR count). The van der Waals surface area contributed by atoms with Gasteiger partial charge in [-0.15, -0.1) is 6.58 Å². The van der Waals surface area contributed by atoms with E-state index in [1.54, 1.807) is 30.3 Å². The number of rotatable bonds is 5. The third-order valence-electron chi connectivity index (χ3n) is 6.09. The van der Waals surface area contributed by atoms with Crippen molar-refractivity contribution < 1.29 is 8.78 Å². The lowest BCUT2D eigenvalue weighted by Crippen LogP contribution is -2.38. The number of hydrogen-bond acceptors (Lipinski definition) is 1. The Morgan fingerprint density at radius 1 is 1.08 bits per heavy atom. The average Bonchev–Trinajstić information content (AvgIpc) is 2.90. The zero-order valence-electron chi connectivity index (χ0n) is 23.3. The van der Waals surface area contributed by atoms with Gasteiger partial charge in [0.2, 0.25) is 0 Å². The van der Waals surface area contributed by atoms with Crippen LogP contribution in [0.1, 0.15) is 79.3 Å². The van der Waals surface area contributed by atoms with E-state index in [1.807, 2.05) is 52.0 Å². The second-order valence-corrected chi connectivity index (χ2v) is 8.81. The minimum atomic E-state index is -0.341. The first kappa shape index (κ1) is 33.6. The third kappa shape index (κ3) is 11.6. The summed E-state index contributed by atoms with van der Waals surface area (Å²) in [6.07, 6.45) is 11.6. The molecule has 1 saturated heterocycles. The van der Waals surface area contributed by atoms with Gasteiger partial charge in [0.1, 0.15) is 11.6 Å². The van der Waals surface area contributed by atoms with E-state index in [-0.39, 0.29) is 22.7 Å². The summed E-state index contributed by atoms with van der Waals surface area (Å²) in [4.78, 5) is 2.43. The van der Waals surface area contributed by atoms with E-state index in [4.69, 9.17) is 11.6 Å². The van der Waals surface area contributed by atoms with Crippen molar-refractivity contribution in [2.24, 2.45) is 11.8 Å².